The molecule has 2 aromatic rings. The van der Waals surface area contributed by atoms with E-state index in [-0.39, 0.29) is 0 Å². The summed E-state index contributed by atoms with van der Waals surface area (Å²) in [5.41, 5.74) is 8.45. The van der Waals surface area contributed by atoms with E-state index in [0.717, 1.165) is 67.6 Å². The van der Waals surface area contributed by atoms with Crippen molar-refractivity contribution in [1.29, 1.82) is 0 Å². The molecule has 1 aliphatic carbocycles. The van der Waals surface area contributed by atoms with Crippen LogP contribution < -0.4 is 10.5 Å². The fourth-order valence-electron chi connectivity index (χ4n) is 4.47. The largest absolute Gasteiger partial charge is 0.492 e. The maximum atomic E-state index is 6.35. The van der Waals surface area contributed by atoms with Gasteiger partial charge in [0.1, 0.15) is 5.75 Å². The van der Waals surface area contributed by atoms with Crippen molar-refractivity contribution in [3.05, 3.63) is 22.5 Å². The highest BCUT2D eigenvalue weighted by atomic mass is 35.5. The predicted octanol–water partition coefficient (Wildman–Crippen LogP) is 4.03. The van der Waals surface area contributed by atoms with E-state index in [0.29, 0.717) is 29.1 Å². The molecule has 1 saturated carbocycles. The van der Waals surface area contributed by atoms with E-state index in [4.69, 9.17) is 26.5 Å². The van der Waals surface area contributed by atoms with Crippen molar-refractivity contribution < 1.29 is 9.15 Å². The SMILES string of the molecule is Nc1c(Cl)cc(-c2nnc(C3CCN(C4CCC4)CC3)o2)c2c1CCCO2. The molecule has 0 unspecified atom stereocenters. The Kier molecular flexibility index (Phi) is 4.48. The highest BCUT2D eigenvalue weighted by Crippen LogP contribution is 2.43. The third kappa shape index (κ3) is 3.09. The molecule has 0 bridgehead atoms. The molecule has 2 fully saturated rings. The molecular formula is C20H25ClN4O2. The fraction of sp³-hybridized carbons (Fsp3) is 0.600. The van der Waals surface area contributed by atoms with Crippen LogP contribution in [0.3, 0.4) is 0 Å². The summed E-state index contributed by atoms with van der Waals surface area (Å²) in [4.78, 5) is 2.63. The number of nitrogens with zero attached hydrogens (tertiary/aromatic N) is 3. The number of fused-ring (bicyclic) bond motifs is 1. The van der Waals surface area contributed by atoms with Crippen molar-refractivity contribution in [2.24, 2.45) is 0 Å². The Labute approximate surface area is 164 Å². The van der Waals surface area contributed by atoms with Crippen LogP contribution >= 0.6 is 11.6 Å². The van der Waals surface area contributed by atoms with E-state index < -0.39 is 0 Å². The summed E-state index contributed by atoms with van der Waals surface area (Å²) in [6.07, 6.45) is 8.05. The zero-order valence-electron chi connectivity index (χ0n) is 15.4. The van der Waals surface area contributed by atoms with Gasteiger partial charge in [-0.05, 0) is 57.7 Å². The molecule has 7 heteroatoms. The van der Waals surface area contributed by atoms with Gasteiger partial charge in [0.15, 0.2) is 0 Å². The Morgan fingerprint density at radius 3 is 2.67 bits per heavy atom. The fourth-order valence-corrected chi connectivity index (χ4v) is 4.69. The lowest BCUT2D eigenvalue weighted by Gasteiger charge is -2.41. The zero-order chi connectivity index (χ0) is 18.4. The van der Waals surface area contributed by atoms with Crippen molar-refractivity contribution >= 4 is 17.3 Å². The number of halogens is 1. The summed E-state index contributed by atoms with van der Waals surface area (Å²) < 4.78 is 12.0. The van der Waals surface area contributed by atoms with Gasteiger partial charge in [-0.25, -0.2) is 0 Å². The van der Waals surface area contributed by atoms with Crippen molar-refractivity contribution in [3.8, 4) is 17.2 Å². The van der Waals surface area contributed by atoms with Crippen LogP contribution in [0.25, 0.3) is 11.5 Å². The number of aromatic nitrogens is 2. The van der Waals surface area contributed by atoms with Crippen LogP contribution in [0.5, 0.6) is 5.75 Å². The summed E-state index contributed by atoms with van der Waals surface area (Å²) in [7, 11) is 0. The van der Waals surface area contributed by atoms with Gasteiger partial charge in [-0.2, -0.15) is 0 Å². The van der Waals surface area contributed by atoms with Gasteiger partial charge in [0.05, 0.1) is 22.9 Å². The molecule has 0 radical (unpaired) electrons. The molecule has 0 amide bonds. The molecule has 3 aliphatic rings. The van der Waals surface area contributed by atoms with E-state index in [2.05, 4.69) is 15.1 Å². The molecule has 2 aliphatic heterocycles. The van der Waals surface area contributed by atoms with E-state index in [1.807, 2.05) is 0 Å². The third-order valence-corrected chi connectivity index (χ3v) is 6.64. The molecule has 2 N–H and O–H groups in total. The second-order valence-electron chi connectivity index (χ2n) is 7.92. The summed E-state index contributed by atoms with van der Waals surface area (Å²) in [5.74, 6) is 2.30. The Morgan fingerprint density at radius 2 is 1.93 bits per heavy atom. The molecule has 1 aromatic carbocycles. The Balaban J connectivity index is 1.38. The molecule has 27 heavy (non-hydrogen) atoms. The van der Waals surface area contributed by atoms with Crippen LogP contribution in [-0.4, -0.2) is 40.8 Å². The summed E-state index contributed by atoms with van der Waals surface area (Å²) in [6, 6.07) is 2.60. The van der Waals surface area contributed by atoms with Crippen LogP contribution in [0.4, 0.5) is 5.69 Å². The van der Waals surface area contributed by atoms with Gasteiger partial charge >= 0.3 is 0 Å². The van der Waals surface area contributed by atoms with Gasteiger partial charge in [-0.3, -0.25) is 0 Å². The van der Waals surface area contributed by atoms with Gasteiger partial charge in [0, 0.05) is 17.5 Å². The summed E-state index contributed by atoms with van der Waals surface area (Å²) in [5, 5.41) is 9.18. The number of piperidine rings is 1. The molecule has 0 atom stereocenters. The maximum Gasteiger partial charge on any atom is 0.251 e. The number of benzene rings is 1. The van der Waals surface area contributed by atoms with E-state index in [1.54, 1.807) is 6.07 Å². The summed E-state index contributed by atoms with van der Waals surface area (Å²) in [6.45, 7) is 2.92. The predicted molar refractivity (Wildman–Crippen MR) is 104 cm³/mol. The average Bonchev–Trinajstić information content (AvgIpc) is 3.14. The van der Waals surface area contributed by atoms with Crippen molar-refractivity contribution in [2.75, 3.05) is 25.4 Å². The number of rotatable bonds is 3. The van der Waals surface area contributed by atoms with Crippen molar-refractivity contribution in [2.45, 2.75) is 56.9 Å². The van der Waals surface area contributed by atoms with E-state index in [9.17, 15) is 0 Å². The molecule has 144 valence electrons. The van der Waals surface area contributed by atoms with Gasteiger partial charge < -0.3 is 19.8 Å². The number of hydrogen-bond donors (Lipinski definition) is 1. The highest BCUT2D eigenvalue weighted by molar-refractivity contribution is 6.33. The van der Waals surface area contributed by atoms with Gasteiger partial charge in [-0.15, -0.1) is 10.2 Å². The first-order valence-electron chi connectivity index (χ1n) is 10.0. The molecule has 1 aromatic heterocycles. The standard InChI is InChI=1S/C20H25ClN4O2/c21-16-11-15(18-14(17(16)22)5-2-10-26-18)20-24-23-19(27-20)12-6-8-25(9-7-12)13-3-1-4-13/h11-13H,1-10,22H2. The molecule has 0 spiro atoms. The average molecular weight is 389 g/mol. The van der Waals surface area contributed by atoms with Crippen LogP contribution in [-0.2, 0) is 6.42 Å². The molecule has 1 saturated heterocycles. The Hall–Kier alpha value is -1.79. The van der Waals surface area contributed by atoms with Crippen LogP contribution in [0.2, 0.25) is 5.02 Å². The summed E-state index contributed by atoms with van der Waals surface area (Å²) >= 11 is 6.35. The molecule has 3 heterocycles. The Morgan fingerprint density at radius 1 is 1.11 bits per heavy atom. The maximum absolute atomic E-state index is 6.35. The minimum absolute atomic E-state index is 0.337. The number of nitrogen functional groups attached to an aromatic ring is 1. The number of ether oxygens (including phenoxy) is 1. The second-order valence-corrected chi connectivity index (χ2v) is 8.33. The zero-order valence-corrected chi connectivity index (χ0v) is 16.2. The van der Waals surface area contributed by atoms with Crippen LogP contribution in [0.15, 0.2) is 10.5 Å². The van der Waals surface area contributed by atoms with Gasteiger partial charge in [0.25, 0.3) is 5.89 Å². The topological polar surface area (TPSA) is 77.4 Å². The number of likely N-dealkylation sites (tertiary alicyclic amines) is 1. The minimum atomic E-state index is 0.337. The number of hydrogen-bond acceptors (Lipinski definition) is 6. The monoisotopic (exact) mass is 388 g/mol. The molecule has 6 nitrogen and oxygen atoms in total. The van der Waals surface area contributed by atoms with Crippen LogP contribution in [0.1, 0.15) is 55.9 Å². The van der Waals surface area contributed by atoms with Crippen molar-refractivity contribution in [3.63, 3.8) is 0 Å². The smallest absolute Gasteiger partial charge is 0.251 e. The Bertz CT molecular complexity index is 841. The highest BCUT2D eigenvalue weighted by Gasteiger charge is 2.32. The lowest BCUT2D eigenvalue weighted by atomic mass is 9.88. The number of anilines is 1. The quantitative estimate of drug-likeness (QED) is 0.800. The molecule has 5 rings (SSSR count). The lowest BCUT2D eigenvalue weighted by Crippen LogP contribution is -2.44. The third-order valence-electron chi connectivity index (χ3n) is 6.33. The van der Waals surface area contributed by atoms with Crippen LogP contribution in [0, 0.1) is 0 Å². The second kappa shape index (κ2) is 6.99. The van der Waals surface area contributed by atoms with Gasteiger partial charge in [-0.1, -0.05) is 18.0 Å². The number of nitrogens with two attached hydrogens (primary N) is 1. The van der Waals surface area contributed by atoms with Gasteiger partial charge in [0.2, 0.25) is 5.89 Å². The van der Waals surface area contributed by atoms with Crippen molar-refractivity contribution in [1.82, 2.24) is 15.1 Å². The normalized spacial score (nSPS) is 21.5. The lowest BCUT2D eigenvalue weighted by molar-refractivity contribution is 0.0936. The molecular weight excluding hydrogens is 364 g/mol. The van der Waals surface area contributed by atoms with E-state index in [1.165, 1.54) is 19.3 Å². The first kappa shape index (κ1) is 17.3. The minimum Gasteiger partial charge on any atom is -0.492 e. The first-order valence-corrected chi connectivity index (χ1v) is 10.4. The van der Waals surface area contributed by atoms with E-state index >= 15 is 0 Å². The first-order chi connectivity index (χ1) is 13.2.